The van der Waals surface area contributed by atoms with E-state index in [0.29, 0.717) is 24.1 Å². The summed E-state index contributed by atoms with van der Waals surface area (Å²) in [6.45, 7) is 0. The third-order valence-electron chi connectivity index (χ3n) is 3.66. The Hall–Kier alpha value is -2.63. The molecule has 0 bridgehead atoms. The zero-order chi connectivity index (χ0) is 16.1. The number of anilines is 1. The monoisotopic (exact) mass is 303 g/mol. The molecule has 0 spiro atoms. The molecule has 1 aromatic rings. The minimum Gasteiger partial charge on any atom is -0.481 e. The highest BCUT2D eigenvalue weighted by Crippen LogP contribution is 2.27. The fraction of sp³-hybridized carbons (Fsp3) is 0.312. The molecule has 0 aromatic heterocycles. The summed E-state index contributed by atoms with van der Waals surface area (Å²) in [6, 6.07) is 6.24. The molecule has 1 aliphatic carbocycles. The van der Waals surface area contributed by atoms with Gasteiger partial charge in [-0.1, -0.05) is 12.2 Å². The molecule has 2 atom stereocenters. The minimum atomic E-state index is -0.967. The zero-order valence-corrected chi connectivity index (χ0v) is 12.1. The molecule has 1 aliphatic rings. The van der Waals surface area contributed by atoms with Crippen molar-refractivity contribution >= 4 is 23.5 Å². The number of carbonyl (C=O) groups excluding carboxylic acids is 2. The van der Waals surface area contributed by atoms with Crippen LogP contribution in [0.2, 0.25) is 0 Å². The molecule has 1 aromatic carbocycles. The summed E-state index contributed by atoms with van der Waals surface area (Å²) in [5, 5.41) is 11.9. The second-order valence-electron chi connectivity index (χ2n) is 5.05. The fourth-order valence-electron chi connectivity index (χ4n) is 2.42. The lowest BCUT2D eigenvalue weighted by atomic mass is 9.82. The highest BCUT2D eigenvalue weighted by Gasteiger charge is 2.33. The van der Waals surface area contributed by atoms with Gasteiger partial charge in [-0.3, -0.25) is 9.59 Å². The first-order valence-electron chi connectivity index (χ1n) is 6.90. The summed E-state index contributed by atoms with van der Waals surface area (Å²) in [6.07, 6.45) is 4.37. The smallest absolute Gasteiger partial charge is 0.337 e. The van der Waals surface area contributed by atoms with E-state index in [1.807, 2.05) is 6.08 Å². The molecule has 0 radical (unpaired) electrons. The Bertz CT molecular complexity index is 605. The molecule has 2 N–H and O–H groups in total. The maximum atomic E-state index is 12.3. The molecule has 0 unspecified atom stereocenters. The van der Waals surface area contributed by atoms with Crippen LogP contribution >= 0.6 is 0 Å². The predicted octanol–water partition coefficient (Wildman–Crippen LogP) is 2.08. The number of aliphatic carboxylic acids is 1. The van der Waals surface area contributed by atoms with Crippen LogP contribution in [-0.2, 0) is 14.3 Å². The highest BCUT2D eigenvalue weighted by atomic mass is 16.5. The standard InChI is InChI=1S/C16H17NO5/c1-22-16(21)10-6-8-11(9-7-10)17-14(18)12-4-2-3-5-13(12)15(19)20/h2-3,6-9,12-13H,4-5H2,1H3,(H,17,18)(H,19,20)/t12-,13+/m0/s1. The van der Waals surface area contributed by atoms with Crippen molar-refractivity contribution in [3.8, 4) is 0 Å². The average Bonchev–Trinajstić information content (AvgIpc) is 2.54. The van der Waals surface area contributed by atoms with Crippen molar-refractivity contribution in [2.24, 2.45) is 11.8 Å². The van der Waals surface area contributed by atoms with E-state index in [4.69, 9.17) is 0 Å². The van der Waals surface area contributed by atoms with E-state index in [0.717, 1.165) is 0 Å². The number of hydrogen-bond acceptors (Lipinski definition) is 4. The molecule has 1 amide bonds. The van der Waals surface area contributed by atoms with E-state index >= 15 is 0 Å². The maximum Gasteiger partial charge on any atom is 0.337 e. The number of esters is 1. The van der Waals surface area contributed by atoms with Crippen molar-refractivity contribution in [1.29, 1.82) is 0 Å². The lowest BCUT2D eigenvalue weighted by molar-refractivity contribution is -0.146. The van der Waals surface area contributed by atoms with Crippen LogP contribution in [0, 0.1) is 11.8 Å². The number of hydrogen-bond donors (Lipinski definition) is 2. The number of methoxy groups -OCH3 is 1. The summed E-state index contributed by atoms with van der Waals surface area (Å²) in [7, 11) is 1.29. The Morgan fingerprint density at radius 3 is 2.23 bits per heavy atom. The molecule has 0 saturated heterocycles. The van der Waals surface area contributed by atoms with Crippen molar-refractivity contribution in [3.05, 3.63) is 42.0 Å². The van der Waals surface area contributed by atoms with Gasteiger partial charge in [0.25, 0.3) is 0 Å². The van der Waals surface area contributed by atoms with Crippen LogP contribution in [0.1, 0.15) is 23.2 Å². The van der Waals surface area contributed by atoms with Gasteiger partial charge in [0.15, 0.2) is 0 Å². The molecule has 6 nitrogen and oxygen atoms in total. The first-order chi connectivity index (χ1) is 10.5. The quantitative estimate of drug-likeness (QED) is 0.656. The zero-order valence-electron chi connectivity index (χ0n) is 12.1. The Morgan fingerprint density at radius 1 is 1.09 bits per heavy atom. The van der Waals surface area contributed by atoms with Crippen LogP contribution < -0.4 is 5.32 Å². The number of carboxylic acids is 1. The normalized spacial score (nSPS) is 20.2. The molecule has 0 aliphatic heterocycles. The van der Waals surface area contributed by atoms with Gasteiger partial charge in [-0.2, -0.15) is 0 Å². The van der Waals surface area contributed by atoms with E-state index in [1.54, 1.807) is 18.2 Å². The van der Waals surface area contributed by atoms with Crippen LogP contribution in [-0.4, -0.2) is 30.1 Å². The average molecular weight is 303 g/mol. The summed E-state index contributed by atoms with van der Waals surface area (Å²) in [5.74, 6) is -3.06. The molecule has 6 heteroatoms. The maximum absolute atomic E-state index is 12.3. The molecule has 0 heterocycles. The van der Waals surface area contributed by atoms with Crippen LogP contribution in [0.3, 0.4) is 0 Å². The van der Waals surface area contributed by atoms with E-state index in [2.05, 4.69) is 10.1 Å². The number of carbonyl (C=O) groups is 3. The summed E-state index contributed by atoms with van der Waals surface area (Å²) < 4.78 is 4.59. The number of nitrogens with one attached hydrogen (secondary N) is 1. The number of carboxylic acid groups (broad SMARTS) is 1. The van der Waals surface area contributed by atoms with Crippen LogP contribution in [0.25, 0.3) is 0 Å². The summed E-state index contributed by atoms with van der Waals surface area (Å²) in [5.41, 5.74) is 0.890. The lowest BCUT2D eigenvalue weighted by Gasteiger charge is -2.24. The molecule has 0 fully saturated rings. The number of rotatable bonds is 4. The van der Waals surface area contributed by atoms with Crippen molar-refractivity contribution in [3.63, 3.8) is 0 Å². The number of amides is 1. The lowest BCUT2D eigenvalue weighted by Crippen LogP contribution is -2.34. The van der Waals surface area contributed by atoms with Crippen LogP contribution in [0.4, 0.5) is 5.69 Å². The van der Waals surface area contributed by atoms with Gasteiger partial charge in [0.05, 0.1) is 24.5 Å². The van der Waals surface area contributed by atoms with Gasteiger partial charge in [0, 0.05) is 5.69 Å². The predicted molar refractivity (Wildman–Crippen MR) is 79.4 cm³/mol. The largest absolute Gasteiger partial charge is 0.481 e. The number of benzene rings is 1. The Labute approximate surface area is 127 Å². The SMILES string of the molecule is COC(=O)c1ccc(NC(=O)[C@H]2CC=CC[C@H]2C(=O)O)cc1. The fourth-order valence-corrected chi connectivity index (χ4v) is 2.42. The Morgan fingerprint density at radius 2 is 1.68 bits per heavy atom. The number of ether oxygens (including phenoxy) is 1. The van der Waals surface area contributed by atoms with Crippen LogP contribution in [0.15, 0.2) is 36.4 Å². The van der Waals surface area contributed by atoms with Crippen molar-refractivity contribution in [2.75, 3.05) is 12.4 Å². The molecule has 22 heavy (non-hydrogen) atoms. The Kier molecular flexibility index (Phi) is 4.93. The first kappa shape index (κ1) is 15.8. The second-order valence-corrected chi connectivity index (χ2v) is 5.05. The molecule has 0 saturated carbocycles. The molecular weight excluding hydrogens is 286 g/mol. The number of allylic oxidation sites excluding steroid dienone is 2. The topological polar surface area (TPSA) is 92.7 Å². The van der Waals surface area contributed by atoms with Gasteiger partial charge < -0.3 is 15.2 Å². The Balaban J connectivity index is 2.06. The van der Waals surface area contributed by atoms with Crippen molar-refractivity contribution < 1.29 is 24.2 Å². The molecule has 116 valence electrons. The molecular formula is C16H17NO5. The van der Waals surface area contributed by atoms with E-state index in [-0.39, 0.29) is 5.91 Å². The van der Waals surface area contributed by atoms with E-state index in [9.17, 15) is 19.5 Å². The van der Waals surface area contributed by atoms with Gasteiger partial charge >= 0.3 is 11.9 Å². The van der Waals surface area contributed by atoms with Crippen molar-refractivity contribution in [2.45, 2.75) is 12.8 Å². The first-order valence-corrected chi connectivity index (χ1v) is 6.90. The van der Waals surface area contributed by atoms with Gasteiger partial charge in [-0.25, -0.2) is 4.79 Å². The van der Waals surface area contributed by atoms with E-state index in [1.165, 1.54) is 19.2 Å². The highest BCUT2D eigenvalue weighted by molar-refractivity contribution is 5.96. The third kappa shape index (κ3) is 3.52. The third-order valence-corrected chi connectivity index (χ3v) is 3.66. The van der Waals surface area contributed by atoms with Crippen molar-refractivity contribution in [1.82, 2.24) is 0 Å². The minimum absolute atomic E-state index is 0.331. The van der Waals surface area contributed by atoms with E-state index < -0.39 is 23.8 Å². The summed E-state index contributed by atoms with van der Waals surface area (Å²) in [4.78, 5) is 34.8. The van der Waals surface area contributed by atoms with Gasteiger partial charge in [-0.05, 0) is 37.1 Å². The second kappa shape index (κ2) is 6.89. The van der Waals surface area contributed by atoms with Gasteiger partial charge in [-0.15, -0.1) is 0 Å². The van der Waals surface area contributed by atoms with Gasteiger partial charge in [0.2, 0.25) is 5.91 Å². The van der Waals surface area contributed by atoms with Gasteiger partial charge in [0.1, 0.15) is 0 Å². The van der Waals surface area contributed by atoms with Crippen LogP contribution in [0.5, 0.6) is 0 Å². The summed E-state index contributed by atoms with van der Waals surface area (Å²) >= 11 is 0. The molecule has 2 rings (SSSR count).